The van der Waals surface area contributed by atoms with E-state index in [9.17, 15) is 4.79 Å². The molecule has 0 fully saturated rings. The molecule has 0 radical (unpaired) electrons. The van der Waals surface area contributed by atoms with Crippen LogP contribution in [0, 0.1) is 5.92 Å². The molecule has 0 saturated carbocycles. The minimum atomic E-state index is -0.178. The van der Waals surface area contributed by atoms with E-state index in [1.165, 1.54) is 0 Å². The number of benzene rings is 1. The fourth-order valence-corrected chi connectivity index (χ4v) is 5.36. The number of rotatable bonds is 1. The van der Waals surface area contributed by atoms with Gasteiger partial charge in [-0.05, 0) is 25.2 Å². The van der Waals surface area contributed by atoms with Crippen molar-refractivity contribution < 1.29 is 4.52 Å². The highest BCUT2D eigenvalue weighted by Crippen LogP contribution is 2.52. The van der Waals surface area contributed by atoms with Gasteiger partial charge in [-0.1, -0.05) is 49.3 Å². The van der Waals surface area contributed by atoms with Crippen molar-refractivity contribution in [3.05, 3.63) is 69.5 Å². The SMILES string of the molecule is C[C@@H]1c2oncc2C[C@]2(C)c3nc(-c4ccccc4)n(C)c(=O)c3CC[C@@H]12. The molecule has 0 aliphatic heterocycles. The summed E-state index contributed by atoms with van der Waals surface area (Å²) in [7, 11) is 1.83. The van der Waals surface area contributed by atoms with Crippen LogP contribution in [0.1, 0.15) is 48.8 Å². The minimum absolute atomic E-state index is 0.0855. The van der Waals surface area contributed by atoms with E-state index in [2.05, 4.69) is 19.0 Å². The summed E-state index contributed by atoms with van der Waals surface area (Å²) in [6, 6.07) is 9.97. The molecule has 1 aromatic carbocycles. The molecule has 5 rings (SSSR count). The highest BCUT2D eigenvalue weighted by atomic mass is 16.5. The molecule has 2 aliphatic carbocycles. The lowest BCUT2D eigenvalue weighted by molar-refractivity contribution is 0.171. The van der Waals surface area contributed by atoms with Crippen LogP contribution in [0.15, 0.2) is 45.8 Å². The Morgan fingerprint density at radius 3 is 2.81 bits per heavy atom. The van der Waals surface area contributed by atoms with E-state index in [1.807, 2.05) is 43.6 Å². The molecule has 2 aromatic heterocycles. The van der Waals surface area contributed by atoms with Gasteiger partial charge >= 0.3 is 0 Å². The molecule has 0 spiro atoms. The van der Waals surface area contributed by atoms with Crippen LogP contribution in [-0.2, 0) is 25.3 Å². The van der Waals surface area contributed by atoms with Gasteiger partial charge in [0, 0.05) is 35.1 Å². The summed E-state index contributed by atoms with van der Waals surface area (Å²) in [5.41, 5.74) is 3.88. The summed E-state index contributed by atoms with van der Waals surface area (Å²) < 4.78 is 7.25. The van der Waals surface area contributed by atoms with E-state index in [4.69, 9.17) is 9.51 Å². The quantitative estimate of drug-likeness (QED) is 0.664. The van der Waals surface area contributed by atoms with Crippen molar-refractivity contribution in [3.8, 4) is 11.4 Å². The summed E-state index contributed by atoms with van der Waals surface area (Å²) in [5, 5.41) is 4.03. The lowest BCUT2D eigenvalue weighted by Crippen LogP contribution is -2.47. The van der Waals surface area contributed by atoms with Crippen LogP contribution in [0.3, 0.4) is 0 Å². The number of aromatic nitrogens is 3. The van der Waals surface area contributed by atoms with Gasteiger partial charge in [0.15, 0.2) is 0 Å². The van der Waals surface area contributed by atoms with Crippen LogP contribution in [0.4, 0.5) is 0 Å². The summed E-state index contributed by atoms with van der Waals surface area (Å²) in [6.45, 7) is 4.49. The average Bonchev–Trinajstić information content (AvgIpc) is 3.13. The van der Waals surface area contributed by atoms with Gasteiger partial charge in [0.05, 0.1) is 11.9 Å². The van der Waals surface area contributed by atoms with Crippen LogP contribution in [-0.4, -0.2) is 14.7 Å². The van der Waals surface area contributed by atoms with Crippen molar-refractivity contribution in [2.24, 2.45) is 13.0 Å². The smallest absolute Gasteiger partial charge is 0.256 e. The van der Waals surface area contributed by atoms with Crippen LogP contribution < -0.4 is 5.56 Å². The van der Waals surface area contributed by atoms with E-state index in [0.29, 0.717) is 5.92 Å². The molecule has 5 heteroatoms. The van der Waals surface area contributed by atoms with Crippen LogP contribution >= 0.6 is 0 Å². The second kappa shape index (κ2) is 5.65. The molecule has 0 saturated heterocycles. The van der Waals surface area contributed by atoms with E-state index in [1.54, 1.807) is 4.57 Å². The standard InChI is InChI=1S/C22H23N3O2/c1-13-17-10-9-16-19(22(17,2)11-15-12-23-27-18(13)15)24-20(25(3)21(16)26)14-7-5-4-6-8-14/h4-8,12-13,17H,9-11H2,1-3H3/t13-,17-,22-/m0/s1. The van der Waals surface area contributed by atoms with Crippen molar-refractivity contribution in [2.75, 3.05) is 0 Å². The van der Waals surface area contributed by atoms with Gasteiger partial charge in [0.1, 0.15) is 11.6 Å². The number of fused-ring (bicyclic) bond motifs is 4. The fraction of sp³-hybridized carbons (Fsp3) is 0.409. The Morgan fingerprint density at radius 1 is 1.26 bits per heavy atom. The van der Waals surface area contributed by atoms with Gasteiger partial charge in [0.2, 0.25) is 0 Å². The monoisotopic (exact) mass is 361 g/mol. The maximum Gasteiger partial charge on any atom is 0.256 e. The van der Waals surface area contributed by atoms with Crippen LogP contribution in [0.2, 0.25) is 0 Å². The third kappa shape index (κ3) is 2.20. The molecule has 2 aliphatic rings. The number of nitrogens with zero attached hydrogens (tertiary/aromatic N) is 3. The molecule has 2 heterocycles. The van der Waals surface area contributed by atoms with Crippen LogP contribution in [0.25, 0.3) is 11.4 Å². The number of hydrogen-bond acceptors (Lipinski definition) is 4. The molecule has 0 amide bonds. The Labute approximate surface area is 158 Å². The minimum Gasteiger partial charge on any atom is -0.361 e. The van der Waals surface area contributed by atoms with E-state index in [-0.39, 0.29) is 16.9 Å². The summed E-state index contributed by atoms with van der Waals surface area (Å²) in [5.74, 6) is 2.42. The van der Waals surface area contributed by atoms with Crippen molar-refractivity contribution >= 4 is 0 Å². The molecule has 0 unspecified atom stereocenters. The Hall–Kier alpha value is -2.69. The summed E-state index contributed by atoms with van der Waals surface area (Å²) in [6.07, 6.45) is 4.41. The normalized spacial score (nSPS) is 26.2. The van der Waals surface area contributed by atoms with E-state index in [0.717, 1.165) is 53.2 Å². The lowest BCUT2D eigenvalue weighted by atomic mass is 9.56. The van der Waals surface area contributed by atoms with Crippen molar-refractivity contribution in [3.63, 3.8) is 0 Å². The van der Waals surface area contributed by atoms with Crippen molar-refractivity contribution in [1.82, 2.24) is 14.7 Å². The third-order valence-electron chi connectivity index (χ3n) is 6.73. The highest BCUT2D eigenvalue weighted by molar-refractivity contribution is 5.56. The molecular weight excluding hydrogens is 338 g/mol. The van der Waals surface area contributed by atoms with Crippen molar-refractivity contribution in [2.45, 2.75) is 44.4 Å². The van der Waals surface area contributed by atoms with Gasteiger partial charge < -0.3 is 4.52 Å². The Kier molecular flexibility index (Phi) is 3.45. The highest BCUT2D eigenvalue weighted by Gasteiger charge is 2.50. The first-order chi connectivity index (χ1) is 13.0. The molecule has 27 heavy (non-hydrogen) atoms. The molecule has 3 aromatic rings. The predicted molar refractivity (Wildman–Crippen MR) is 103 cm³/mol. The second-order valence-corrected chi connectivity index (χ2v) is 8.24. The summed E-state index contributed by atoms with van der Waals surface area (Å²) >= 11 is 0. The molecule has 5 nitrogen and oxygen atoms in total. The first-order valence-corrected chi connectivity index (χ1v) is 9.60. The lowest BCUT2D eigenvalue weighted by Gasteiger charge is -2.47. The van der Waals surface area contributed by atoms with Gasteiger partial charge in [-0.2, -0.15) is 0 Å². The van der Waals surface area contributed by atoms with Gasteiger partial charge in [-0.25, -0.2) is 4.98 Å². The first-order valence-electron chi connectivity index (χ1n) is 9.60. The topological polar surface area (TPSA) is 60.9 Å². The Balaban J connectivity index is 1.75. The van der Waals surface area contributed by atoms with E-state index < -0.39 is 0 Å². The summed E-state index contributed by atoms with van der Waals surface area (Å²) in [4.78, 5) is 18.3. The molecular formula is C22H23N3O2. The Morgan fingerprint density at radius 2 is 2.04 bits per heavy atom. The maximum absolute atomic E-state index is 13.2. The second-order valence-electron chi connectivity index (χ2n) is 8.24. The van der Waals surface area contributed by atoms with Gasteiger partial charge in [0.25, 0.3) is 5.56 Å². The first kappa shape index (κ1) is 16.5. The maximum atomic E-state index is 13.2. The van der Waals surface area contributed by atoms with Gasteiger partial charge in [-0.15, -0.1) is 0 Å². The molecule has 0 N–H and O–H groups in total. The largest absolute Gasteiger partial charge is 0.361 e. The molecule has 3 atom stereocenters. The average molecular weight is 361 g/mol. The predicted octanol–water partition coefficient (Wildman–Crippen LogP) is 3.62. The molecule has 0 bridgehead atoms. The number of hydrogen-bond donors (Lipinski definition) is 0. The van der Waals surface area contributed by atoms with Crippen LogP contribution in [0.5, 0.6) is 0 Å². The van der Waals surface area contributed by atoms with E-state index >= 15 is 0 Å². The Bertz CT molecular complexity index is 1080. The zero-order valence-corrected chi connectivity index (χ0v) is 15.9. The molecule has 138 valence electrons. The zero-order valence-electron chi connectivity index (χ0n) is 15.9. The third-order valence-corrected chi connectivity index (χ3v) is 6.73. The van der Waals surface area contributed by atoms with Crippen molar-refractivity contribution in [1.29, 1.82) is 0 Å². The zero-order chi connectivity index (χ0) is 18.8. The van der Waals surface area contributed by atoms with Gasteiger partial charge in [-0.3, -0.25) is 9.36 Å². The fourth-order valence-electron chi connectivity index (χ4n) is 5.36.